The number of amides is 1. The quantitative estimate of drug-likeness (QED) is 0.889. The van der Waals surface area contributed by atoms with Gasteiger partial charge in [0.05, 0.1) is 11.3 Å². The zero-order chi connectivity index (χ0) is 15.2. The summed E-state index contributed by atoms with van der Waals surface area (Å²) in [5, 5.41) is 6.71. The Labute approximate surface area is 129 Å². The van der Waals surface area contributed by atoms with Gasteiger partial charge in [0.15, 0.2) is 0 Å². The molecule has 0 unspecified atom stereocenters. The van der Waals surface area contributed by atoms with Crippen molar-refractivity contribution in [2.45, 2.75) is 26.4 Å². The highest BCUT2D eigenvalue weighted by Crippen LogP contribution is 2.15. The van der Waals surface area contributed by atoms with Crippen molar-refractivity contribution in [3.63, 3.8) is 0 Å². The fourth-order valence-electron chi connectivity index (χ4n) is 1.90. The number of benzene rings is 1. The molecule has 0 saturated heterocycles. The molecule has 0 atom stereocenters. The van der Waals surface area contributed by atoms with Gasteiger partial charge in [-0.25, -0.2) is 0 Å². The summed E-state index contributed by atoms with van der Waals surface area (Å²) in [6.45, 7) is 4.45. The Balaban J connectivity index is 2.02. The van der Waals surface area contributed by atoms with Gasteiger partial charge in [-0.15, -0.1) is 0 Å². The molecular weight excluding hydrogens is 286 g/mol. The number of halogens is 1. The summed E-state index contributed by atoms with van der Waals surface area (Å²) in [6, 6.07) is 9.51. The molecule has 2 aromatic rings. The van der Waals surface area contributed by atoms with Gasteiger partial charge in [-0.1, -0.05) is 29.8 Å². The lowest BCUT2D eigenvalue weighted by Crippen LogP contribution is -2.23. The molecule has 0 saturated carbocycles. The molecule has 0 bridgehead atoms. The normalized spacial score (nSPS) is 10.5. The highest BCUT2D eigenvalue weighted by molar-refractivity contribution is 6.31. The standard InChI is InChI=1S/C16H18ClN3O/c1-11(2)20-14-7-13(8-18-10-14)16(21)19-9-12-5-3-4-6-15(12)17/h3-8,10-11,20H,9H2,1-2H3,(H,19,21). The molecule has 110 valence electrons. The van der Waals surface area contributed by atoms with Crippen molar-refractivity contribution in [2.75, 3.05) is 5.32 Å². The molecule has 2 N–H and O–H groups in total. The van der Waals surface area contributed by atoms with Crippen LogP contribution in [-0.4, -0.2) is 16.9 Å². The van der Waals surface area contributed by atoms with Crippen LogP contribution in [0.3, 0.4) is 0 Å². The van der Waals surface area contributed by atoms with E-state index in [-0.39, 0.29) is 11.9 Å². The van der Waals surface area contributed by atoms with Crippen molar-refractivity contribution in [1.82, 2.24) is 10.3 Å². The van der Waals surface area contributed by atoms with Crippen LogP contribution in [0, 0.1) is 0 Å². The monoisotopic (exact) mass is 303 g/mol. The molecule has 0 aliphatic heterocycles. The maximum absolute atomic E-state index is 12.1. The first kappa shape index (κ1) is 15.3. The summed E-state index contributed by atoms with van der Waals surface area (Å²) in [4.78, 5) is 16.2. The van der Waals surface area contributed by atoms with E-state index in [0.29, 0.717) is 17.1 Å². The van der Waals surface area contributed by atoms with Gasteiger partial charge >= 0.3 is 0 Å². The second-order valence-corrected chi connectivity index (χ2v) is 5.44. The first-order valence-electron chi connectivity index (χ1n) is 6.79. The number of hydrogen-bond donors (Lipinski definition) is 2. The second-order valence-electron chi connectivity index (χ2n) is 5.04. The fourth-order valence-corrected chi connectivity index (χ4v) is 2.10. The molecule has 21 heavy (non-hydrogen) atoms. The predicted octanol–water partition coefficient (Wildman–Crippen LogP) is 3.49. The molecule has 0 radical (unpaired) electrons. The average molecular weight is 304 g/mol. The minimum Gasteiger partial charge on any atom is -0.382 e. The Kier molecular flexibility index (Phi) is 5.17. The Morgan fingerprint density at radius 3 is 2.76 bits per heavy atom. The van der Waals surface area contributed by atoms with E-state index in [9.17, 15) is 4.79 Å². The molecule has 1 heterocycles. The van der Waals surface area contributed by atoms with Gasteiger partial charge in [0.25, 0.3) is 5.91 Å². The maximum Gasteiger partial charge on any atom is 0.253 e. The minimum absolute atomic E-state index is 0.171. The van der Waals surface area contributed by atoms with Crippen molar-refractivity contribution >= 4 is 23.2 Å². The molecule has 4 nitrogen and oxygen atoms in total. The first-order valence-corrected chi connectivity index (χ1v) is 7.17. The summed E-state index contributed by atoms with van der Waals surface area (Å²) >= 11 is 6.06. The van der Waals surface area contributed by atoms with Crippen molar-refractivity contribution in [1.29, 1.82) is 0 Å². The number of aromatic nitrogens is 1. The highest BCUT2D eigenvalue weighted by atomic mass is 35.5. The van der Waals surface area contributed by atoms with Gasteiger partial charge in [0.1, 0.15) is 0 Å². The molecule has 1 aromatic carbocycles. The summed E-state index contributed by atoms with van der Waals surface area (Å²) < 4.78 is 0. The van der Waals surface area contributed by atoms with E-state index in [1.165, 1.54) is 0 Å². The van der Waals surface area contributed by atoms with Crippen LogP contribution in [-0.2, 0) is 6.54 Å². The van der Waals surface area contributed by atoms with Crippen LogP contribution in [0.25, 0.3) is 0 Å². The molecule has 0 fully saturated rings. The van der Waals surface area contributed by atoms with Gasteiger partial charge < -0.3 is 10.6 Å². The number of nitrogens with zero attached hydrogens (tertiary/aromatic N) is 1. The first-order chi connectivity index (χ1) is 10.1. The third kappa shape index (κ3) is 4.46. The van der Waals surface area contributed by atoms with Gasteiger partial charge in [0.2, 0.25) is 0 Å². The van der Waals surface area contributed by atoms with Crippen molar-refractivity contribution in [2.24, 2.45) is 0 Å². The largest absolute Gasteiger partial charge is 0.382 e. The van der Waals surface area contributed by atoms with Crippen LogP contribution < -0.4 is 10.6 Å². The number of carbonyl (C=O) groups is 1. The third-order valence-electron chi connectivity index (χ3n) is 2.85. The van der Waals surface area contributed by atoms with E-state index in [1.807, 2.05) is 32.0 Å². The summed E-state index contributed by atoms with van der Waals surface area (Å²) in [5.41, 5.74) is 2.24. The SMILES string of the molecule is CC(C)Nc1cncc(C(=O)NCc2ccccc2Cl)c1. The van der Waals surface area contributed by atoms with Gasteiger partial charge in [-0.05, 0) is 31.5 Å². The van der Waals surface area contributed by atoms with E-state index in [4.69, 9.17) is 11.6 Å². The molecule has 1 amide bonds. The molecule has 0 aliphatic carbocycles. The number of carbonyl (C=O) groups excluding carboxylic acids is 1. The Morgan fingerprint density at radius 2 is 2.05 bits per heavy atom. The van der Waals surface area contributed by atoms with E-state index in [1.54, 1.807) is 24.5 Å². The van der Waals surface area contributed by atoms with E-state index in [2.05, 4.69) is 15.6 Å². The number of pyridine rings is 1. The van der Waals surface area contributed by atoms with Crippen LogP contribution in [0.5, 0.6) is 0 Å². The van der Waals surface area contributed by atoms with Crippen LogP contribution in [0.4, 0.5) is 5.69 Å². The zero-order valence-corrected chi connectivity index (χ0v) is 12.8. The maximum atomic E-state index is 12.1. The lowest BCUT2D eigenvalue weighted by Gasteiger charge is -2.11. The third-order valence-corrected chi connectivity index (χ3v) is 3.22. The fraction of sp³-hybridized carbons (Fsp3) is 0.250. The highest BCUT2D eigenvalue weighted by Gasteiger charge is 2.08. The Hall–Kier alpha value is -2.07. The molecular formula is C16H18ClN3O. The van der Waals surface area contributed by atoms with Crippen LogP contribution in [0.15, 0.2) is 42.7 Å². The average Bonchev–Trinajstić information content (AvgIpc) is 2.45. The summed E-state index contributed by atoms with van der Waals surface area (Å²) in [5.74, 6) is -0.171. The van der Waals surface area contributed by atoms with Crippen molar-refractivity contribution in [3.05, 3.63) is 58.9 Å². The summed E-state index contributed by atoms with van der Waals surface area (Å²) in [7, 11) is 0. The lowest BCUT2D eigenvalue weighted by atomic mass is 10.2. The Morgan fingerprint density at radius 1 is 1.29 bits per heavy atom. The number of hydrogen-bond acceptors (Lipinski definition) is 3. The molecule has 0 spiro atoms. The van der Waals surface area contributed by atoms with Crippen molar-refractivity contribution in [3.8, 4) is 0 Å². The van der Waals surface area contributed by atoms with Gasteiger partial charge in [0, 0.05) is 30.0 Å². The van der Waals surface area contributed by atoms with Crippen LogP contribution >= 0.6 is 11.6 Å². The number of nitrogens with one attached hydrogen (secondary N) is 2. The molecule has 0 aliphatic rings. The molecule has 1 aromatic heterocycles. The second kappa shape index (κ2) is 7.09. The molecule has 5 heteroatoms. The van der Waals surface area contributed by atoms with E-state index >= 15 is 0 Å². The zero-order valence-electron chi connectivity index (χ0n) is 12.1. The van der Waals surface area contributed by atoms with E-state index < -0.39 is 0 Å². The predicted molar refractivity (Wildman–Crippen MR) is 85.6 cm³/mol. The topological polar surface area (TPSA) is 54.0 Å². The van der Waals surface area contributed by atoms with Crippen molar-refractivity contribution < 1.29 is 4.79 Å². The minimum atomic E-state index is -0.171. The molecule has 2 rings (SSSR count). The van der Waals surface area contributed by atoms with E-state index in [0.717, 1.165) is 11.3 Å². The Bertz CT molecular complexity index is 628. The van der Waals surface area contributed by atoms with Crippen LogP contribution in [0.1, 0.15) is 29.8 Å². The van der Waals surface area contributed by atoms with Gasteiger partial charge in [-0.2, -0.15) is 0 Å². The lowest BCUT2D eigenvalue weighted by molar-refractivity contribution is 0.0950. The number of anilines is 1. The van der Waals surface area contributed by atoms with Gasteiger partial charge in [-0.3, -0.25) is 9.78 Å². The smallest absolute Gasteiger partial charge is 0.253 e. The van der Waals surface area contributed by atoms with Crippen LogP contribution in [0.2, 0.25) is 5.02 Å². The number of rotatable bonds is 5. The summed E-state index contributed by atoms with van der Waals surface area (Å²) in [6.07, 6.45) is 3.25.